The Bertz CT molecular complexity index is 1490. The van der Waals surface area contributed by atoms with Gasteiger partial charge >= 0.3 is 5.69 Å². The number of nitro groups is 3. The molecule has 1 heterocycles. The van der Waals surface area contributed by atoms with Crippen LogP contribution >= 0.6 is 11.8 Å². The lowest BCUT2D eigenvalue weighted by atomic mass is 10.1. The maximum absolute atomic E-state index is 12.8. The Morgan fingerprint density at radius 2 is 1.51 bits per heavy atom. The van der Waals surface area contributed by atoms with E-state index in [0.29, 0.717) is 17.3 Å². The zero-order chi connectivity index (χ0) is 26.7. The van der Waals surface area contributed by atoms with Crippen LogP contribution in [0.5, 0.6) is 11.5 Å². The molecule has 186 valence electrons. The molecule has 14 heteroatoms. The largest absolute Gasteiger partial charge is 0.450 e. The van der Waals surface area contributed by atoms with Crippen molar-refractivity contribution in [3.05, 3.63) is 113 Å². The number of hydrogen-bond donors (Lipinski definition) is 0. The molecule has 1 aliphatic rings. The summed E-state index contributed by atoms with van der Waals surface area (Å²) in [4.78, 5) is 57.5. The first-order chi connectivity index (χ1) is 17.6. The highest BCUT2D eigenvalue weighted by atomic mass is 32.2. The average molecular weight is 522 g/mol. The summed E-state index contributed by atoms with van der Waals surface area (Å²) < 4.78 is 5.51. The van der Waals surface area contributed by atoms with Gasteiger partial charge in [-0.3, -0.25) is 44.8 Å². The Kier molecular flexibility index (Phi) is 6.92. The molecule has 0 saturated carbocycles. The first-order valence-electron chi connectivity index (χ1n) is 10.3. The number of hydrogen-bond acceptors (Lipinski definition) is 10. The van der Waals surface area contributed by atoms with Crippen molar-refractivity contribution in [1.82, 2.24) is 4.90 Å². The Hall–Kier alpha value is -5.11. The summed E-state index contributed by atoms with van der Waals surface area (Å²) in [5.74, 6) is -0.604. The summed E-state index contributed by atoms with van der Waals surface area (Å²) >= 11 is 0.693. The molecular formula is C23H14N4O9S. The molecule has 4 rings (SSSR count). The van der Waals surface area contributed by atoms with Gasteiger partial charge in [-0.25, -0.2) is 0 Å². The van der Waals surface area contributed by atoms with Gasteiger partial charge < -0.3 is 4.74 Å². The van der Waals surface area contributed by atoms with Gasteiger partial charge in [-0.2, -0.15) is 0 Å². The van der Waals surface area contributed by atoms with Crippen molar-refractivity contribution in [2.24, 2.45) is 0 Å². The third-order valence-corrected chi connectivity index (χ3v) is 6.05. The summed E-state index contributed by atoms with van der Waals surface area (Å²) in [5, 5.41) is 32.8. The summed E-state index contributed by atoms with van der Waals surface area (Å²) in [7, 11) is 0. The zero-order valence-corrected chi connectivity index (χ0v) is 19.3. The highest BCUT2D eigenvalue weighted by Crippen LogP contribution is 2.36. The maximum atomic E-state index is 12.8. The molecule has 1 aliphatic heterocycles. The molecule has 2 amide bonds. The Morgan fingerprint density at radius 1 is 0.838 bits per heavy atom. The average Bonchev–Trinajstić information content (AvgIpc) is 3.12. The number of non-ortho nitro benzene ring substituents is 1. The van der Waals surface area contributed by atoms with Gasteiger partial charge in [0.2, 0.25) is 5.75 Å². The van der Waals surface area contributed by atoms with E-state index in [-0.39, 0.29) is 34.2 Å². The highest BCUT2D eigenvalue weighted by Gasteiger charge is 2.36. The smallest absolute Gasteiger partial charge is 0.318 e. The normalized spacial score (nSPS) is 14.2. The van der Waals surface area contributed by atoms with E-state index in [1.165, 1.54) is 36.4 Å². The monoisotopic (exact) mass is 522 g/mol. The van der Waals surface area contributed by atoms with Gasteiger partial charge in [0.05, 0.1) is 32.3 Å². The summed E-state index contributed by atoms with van der Waals surface area (Å²) in [6.07, 6.45) is 1.46. The third-order valence-electron chi connectivity index (χ3n) is 5.15. The van der Waals surface area contributed by atoms with Crippen molar-refractivity contribution in [2.75, 3.05) is 0 Å². The van der Waals surface area contributed by atoms with Crippen LogP contribution in [-0.4, -0.2) is 30.8 Å². The Balaban J connectivity index is 1.50. The van der Waals surface area contributed by atoms with Crippen molar-refractivity contribution >= 4 is 46.0 Å². The molecule has 0 radical (unpaired) electrons. The first-order valence-corrected chi connectivity index (χ1v) is 11.1. The van der Waals surface area contributed by atoms with Gasteiger partial charge in [-0.05, 0) is 41.6 Å². The maximum Gasteiger partial charge on any atom is 0.318 e. The van der Waals surface area contributed by atoms with E-state index >= 15 is 0 Å². The second-order valence-corrected chi connectivity index (χ2v) is 8.48. The van der Waals surface area contributed by atoms with Gasteiger partial charge in [-0.15, -0.1) is 0 Å². The van der Waals surface area contributed by atoms with Crippen molar-refractivity contribution in [3.63, 3.8) is 0 Å². The number of imide groups is 1. The van der Waals surface area contributed by atoms with E-state index in [9.17, 15) is 39.9 Å². The predicted molar refractivity (Wildman–Crippen MR) is 131 cm³/mol. The fourth-order valence-electron chi connectivity index (χ4n) is 3.39. The molecule has 3 aromatic carbocycles. The zero-order valence-electron chi connectivity index (χ0n) is 18.5. The quantitative estimate of drug-likeness (QED) is 0.210. The number of benzene rings is 3. The third kappa shape index (κ3) is 5.43. The number of carbonyl (C=O) groups excluding carboxylic acids is 2. The number of thioether (sulfide) groups is 1. The summed E-state index contributed by atoms with van der Waals surface area (Å²) in [6, 6.07) is 14.8. The minimum atomic E-state index is -0.795. The van der Waals surface area contributed by atoms with Crippen LogP contribution in [0, 0.1) is 30.3 Å². The number of nitro benzene ring substituents is 3. The van der Waals surface area contributed by atoms with Crippen molar-refractivity contribution in [3.8, 4) is 11.5 Å². The number of ether oxygens (including phenoxy) is 1. The van der Waals surface area contributed by atoms with Crippen LogP contribution in [0.1, 0.15) is 11.1 Å². The number of rotatable bonds is 8. The number of amides is 2. The van der Waals surface area contributed by atoms with Crippen LogP contribution in [0.3, 0.4) is 0 Å². The van der Waals surface area contributed by atoms with E-state index in [1.807, 2.05) is 0 Å². The number of nitrogens with zero attached hydrogens (tertiary/aromatic N) is 4. The SMILES string of the molecule is O=C1S/C(=C/c2ccc(Oc3ccc([N+](=O)[O-])cc3[N+](=O)[O-])cc2)C(=O)N1Cc1ccccc1[N+](=O)[O-]. The van der Waals surface area contributed by atoms with E-state index in [4.69, 9.17) is 4.74 Å². The molecule has 0 bridgehead atoms. The van der Waals surface area contributed by atoms with Crippen molar-refractivity contribution < 1.29 is 29.1 Å². The van der Waals surface area contributed by atoms with E-state index < -0.39 is 37.3 Å². The topological polar surface area (TPSA) is 176 Å². The van der Waals surface area contributed by atoms with E-state index in [0.717, 1.165) is 23.1 Å². The van der Waals surface area contributed by atoms with E-state index in [2.05, 4.69) is 0 Å². The van der Waals surface area contributed by atoms with Crippen LogP contribution in [0.4, 0.5) is 21.9 Å². The Labute approximate surface area is 211 Å². The van der Waals surface area contributed by atoms with Crippen LogP contribution in [0.2, 0.25) is 0 Å². The lowest BCUT2D eigenvalue weighted by Crippen LogP contribution is -2.27. The van der Waals surface area contributed by atoms with Crippen LogP contribution in [0.15, 0.2) is 71.6 Å². The molecule has 0 atom stereocenters. The molecule has 1 saturated heterocycles. The molecule has 0 spiro atoms. The fourth-order valence-corrected chi connectivity index (χ4v) is 4.23. The Morgan fingerprint density at radius 3 is 2.16 bits per heavy atom. The molecule has 13 nitrogen and oxygen atoms in total. The van der Waals surface area contributed by atoms with Crippen LogP contribution in [0.25, 0.3) is 6.08 Å². The fraction of sp³-hybridized carbons (Fsp3) is 0.0435. The molecule has 0 aromatic heterocycles. The second kappa shape index (κ2) is 10.2. The number of para-hydroxylation sites is 1. The van der Waals surface area contributed by atoms with Gasteiger partial charge in [0.15, 0.2) is 0 Å². The summed E-state index contributed by atoms with van der Waals surface area (Å²) in [6.45, 7) is -0.250. The van der Waals surface area contributed by atoms with Gasteiger partial charge in [-0.1, -0.05) is 30.3 Å². The molecule has 1 fully saturated rings. The van der Waals surface area contributed by atoms with Crippen molar-refractivity contribution in [2.45, 2.75) is 6.54 Å². The summed E-state index contributed by atoms with van der Waals surface area (Å²) in [5.41, 5.74) is -0.496. The minimum absolute atomic E-state index is 0.114. The van der Waals surface area contributed by atoms with E-state index in [1.54, 1.807) is 18.2 Å². The second-order valence-electron chi connectivity index (χ2n) is 7.49. The lowest BCUT2D eigenvalue weighted by Gasteiger charge is -2.12. The van der Waals surface area contributed by atoms with Gasteiger partial charge in [0.1, 0.15) is 5.75 Å². The first kappa shape index (κ1) is 25.0. The highest BCUT2D eigenvalue weighted by molar-refractivity contribution is 8.18. The molecule has 0 N–H and O–H groups in total. The molecule has 3 aromatic rings. The predicted octanol–water partition coefficient (Wildman–Crippen LogP) is 5.44. The lowest BCUT2D eigenvalue weighted by molar-refractivity contribution is -0.394. The van der Waals surface area contributed by atoms with Gasteiger partial charge in [0.25, 0.3) is 22.5 Å². The van der Waals surface area contributed by atoms with Crippen LogP contribution < -0.4 is 4.74 Å². The van der Waals surface area contributed by atoms with Crippen molar-refractivity contribution in [1.29, 1.82) is 0 Å². The van der Waals surface area contributed by atoms with Gasteiger partial charge in [0, 0.05) is 17.7 Å². The molecule has 0 aliphatic carbocycles. The number of carbonyl (C=O) groups is 2. The molecule has 37 heavy (non-hydrogen) atoms. The minimum Gasteiger partial charge on any atom is -0.450 e. The standard InChI is InChI=1S/C23H14N4O9S/c28-22-21(37-23(29)24(22)13-15-3-1-2-4-18(15)26(32)33)11-14-5-8-17(9-6-14)36-20-10-7-16(25(30)31)12-19(20)27(34)35/h1-12H,13H2/b21-11+. The molecule has 0 unspecified atom stereocenters. The van der Waals surface area contributed by atoms with Crippen LogP contribution in [-0.2, 0) is 11.3 Å². The molecular weight excluding hydrogens is 508 g/mol.